The molecule has 1 aromatic carbocycles. The maximum absolute atomic E-state index is 6.11. The molecule has 1 heterocycles. The van der Waals surface area contributed by atoms with Gasteiger partial charge in [0, 0.05) is 11.9 Å². The van der Waals surface area contributed by atoms with E-state index in [2.05, 4.69) is 10.2 Å². The molecule has 0 radical (unpaired) electrons. The van der Waals surface area contributed by atoms with Crippen LogP contribution in [0.1, 0.15) is 35.9 Å². The van der Waals surface area contributed by atoms with Crippen molar-refractivity contribution in [3.63, 3.8) is 0 Å². The minimum absolute atomic E-state index is 0.286. The highest BCUT2D eigenvalue weighted by atomic mass is 35.5. The molecule has 0 N–H and O–H groups in total. The van der Waals surface area contributed by atoms with Crippen LogP contribution in [0.25, 0.3) is 0 Å². The molecule has 0 saturated heterocycles. The van der Waals surface area contributed by atoms with E-state index in [4.69, 9.17) is 20.8 Å². The highest BCUT2D eigenvalue weighted by Gasteiger charge is 2.15. The standard InChI is InChI=1S/C13H15ClN2O2/c1-7-5-11(6-8(2)12(7)14)17-9(3)13-16-15-10(4)18-13/h5-6,9H,1-4H3. The van der Waals surface area contributed by atoms with Crippen LogP contribution in [0.5, 0.6) is 5.75 Å². The zero-order valence-electron chi connectivity index (χ0n) is 10.8. The predicted octanol–water partition coefficient (Wildman–Crippen LogP) is 3.79. The van der Waals surface area contributed by atoms with Gasteiger partial charge in [0.2, 0.25) is 5.89 Å². The van der Waals surface area contributed by atoms with Crippen molar-refractivity contribution in [2.45, 2.75) is 33.8 Å². The summed E-state index contributed by atoms with van der Waals surface area (Å²) in [5.74, 6) is 1.75. The van der Waals surface area contributed by atoms with E-state index >= 15 is 0 Å². The average Bonchev–Trinajstić information content (AvgIpc) is 2.72. The van der Waals surface area contributed by atoms with Crippen molar-refractivity contribution in [1.29, 1.82) is 0 Å². The largest absolute Gasteiger partial charge is 0.481 e. The number of hydrogen-bond acceptors (Lipinski definition) is 4. The van der Waals surface area contributed by atoms with Gasteiger partial charge in [0.15, 0.2) is 6.10 Å². The Labute approximate surface area is 111 Å². The van der Waals surface area contributed by atoms with Crippen LogP contribution in [0.2, 0.25) is 5.02 Å². The van der Waals surface area contributed by atoms with E-state index in [0.29, 0.717) is 11.8 Å². The number of halogens is 1. The second-order valence-electron chi connectivity index (χ2n) is 4.29. The van der Waals surface area contributed by atoms with Gasteiger partial charge in [0.25, 0.3) is 5.89 Å². The first-order valence-electron chi connectivity index (χ1n) is 5.70. The molecule has 1 unspecified atom stereocenters. The smallest absolute Gasteiger partial charge is 0.256 e. The number of aromatic nitrogens is 2. The van der Waals surface area contributed by atoms with Crippen molar-refractivity contribution in [2.24, 2.45) is 0 Å². The lowest BCUT2D eigenvalue weighted by Crippen LogP contribution is -2.04. The number of rotatable bonds is 3. The summed E-state index contributed by atoms with van der Waals surface area (Å²) in [7, 11) is 0. The summed E-state index contributed by atoms with van der Waals surface area (Å²) in [4.78, 5) is 0. The Morgan fingerprint density at radius 2 is 1.78 bits per heavy atom. The molecule has 0 saturated carbocycles. The lowest BCUT2D eigenvalue weighted by molar-refractivity contribution is 0.187. The molecule has 0 amide bonds. The SMILES string of the molecule is Cc1nnc(C(C)Oc2cc(C)c(Cl)c(C)c2)o1. The second kappa shape index (κ2) is 4.98. The molecule has 0 fully saturated rings. The number of hydrogen-bond donors (Lipinski definition) is 0. The maximum Gasteiger partial charge on any atom is 0.256 e. The normalized spacial score (nSPS) is 12.5. The third-order valence-corrected chi connectivity index (χ3v) is 3.21. The van der Waals surface area contributed by atoms with Gasteiger partial charge in [-0.1, -0.05) is 11.6 Å². The fraction of sp³-hybridized carbons (Fsp3) is 0.385. The molecule has 1 atom stereocenters. The Kier molecular flexibility index (Phi) is 3.57. The fourth-order valence-corrected chi connectivity index (χ4v) is 1.81. The highest BCUT2D eigenvalue weighted by Crippen LogP contribution is 2.28. The van der Waals surface area contributed by atoms with Gasteiger partial charge in [-0.15, -0.1) is 10.2 Å². The molecular weight excluding hydrogens is 252 g/mol. The summed E-state index contributed by atoms with van der Waals surface area (Å²) in [5, 5.41) is 8.48. The number of nitrogens with zero attached hydrogens (tertiary/aromatic N) is 2. The van der Waals surface area contributed by atoms with Gasteiger partial charge in [0.1, 0.15) is 5.75 Å². The first-order chi connectivity index (χ1) is 8.47. The minimum atomic E-state index is -0.286. The Hall–Kier alpha value is -1.55. The lowest BCUT2D eigenvalue weighted by Gasteiger charge is -2.13. The monoisotopic (exact) mass is 266 g/mol. The predicted molar refractivity (Wildman–Crippen MR) is 69.0 cm³/mol. The summed E-state index contributed by atoms with van der Waals surface area (Å²) < 4.78 is 11.1. The molecule has 0 spiro atoms. The summed E-state index contributed by atoms with van der Waals surface area (Å²) in [6, 6.07) is 3.80. The minimum Gasteiger partial charge on any atom is -0.481 e. The van der Waals surface area contributed by atoms with Crippen molar-refractivity contribution >= 4 is 11.6 Å². The summed E-state index contributed by atoms with van der Waals surface area (Å²) >= 11 is 6.11. The first-order valence-corrected chi connectivity index (χ1v) is 6.08. The molecule has 5 heteroatoms. The Bertz CT molecular complexity index is 543. The van der Waals surface area contributed by atoms with Gasteiger partial charge in [0.05, 0.1) is 0 Å². The van der Waals surface area contributed by atoms with Crippen molar-refractivity contribution in [2.75, 3.05) is 0 Å². The van der Waals surface area contributed by atoms with Crippen molar-refractivity contribution in [3.05, 3.63) is 40.1 Å². The molecule has 1 aromatic heterocycles. The molecule has 0 aliphatic carbocycles. The van der Waals surface area contributed by atoms with E-state index in [1.807, 2.05) is 32.9 Å². The van der Waals surface area contributed by atoms with Crippen LogP contribution in [0.3, 0.4) is 0 Å². The zero-order chi connectivity index (χ0) is 13.3. The Morgan fingerprint density at radius 1 is 1.17 bits per heavy atom. The zero-order valence-corrected chi connectivity index (χ0v) is 11.6. The average molecular weight is 267 g/mol. The molecular formula is C13H15ClN2O2. The fourth-order valence-electron chi connectivity index (χ4n) is 1.70. The number of ether oxygens (including phenoxy) is 1. The van der Waals surface area contributed by atoms with Gasteiger partial charge in [-0.3, -0.25) is 0 Å². The van der Waals surface area contributed by atoms with Gasteiger partial charge < -0.3 is 9.15 Å². The molecule has 2 rings (SSSR count). The van der Waals surface area contributed by atoms with Crippen LogP contribution in [0, 0.1) is 20.8 Å². The summed E-state index contributed by atoms with van der Waals surface area (Å²) in [5.41, 5.74) is 1.97. The Morgan fingerprint density at radius 3 is 2.28 bits per heavy atom. The molecule has 96 valence electrons. The van der Waals surface area contributed by atoms with Gasteiger partial charge in [-0.25, -0.2) is 0 Å². The number of benzene rings is 1. The third-order valence-electron chi connectivity index (χ3n) is 2.61. The van der Waals surface area contributed by atoms with E-state index in [0.717, 1.165) is 21.9 Å². The van der Waals surface area contributed by atoms with Crippen LogP contribution in [-0.2, 0) is 0 Å². The van der Waals surface area contributed by atoms with E-state index in [-0.39, 0.29) is 6.10 Å². The maximum atomic E-state index is 6.11. The lowest BCUT2D eigenvalue weighted by atomic mass is 10.1. The topological polar surface area (TPSA) is 48.2 Å². The van der Waals surface area contributed by atoms with Crippen LogP contribution >= 0.6 is 11.6 Å². The molecule has 0 aliphatic rings. The van der Waals surface area contributed by atoms with Crippen LogP contribution in [-0.4, -0.2) is 10.2 Å². The number of aryl methyl sites for hydroxylation is 3. The first kappa shape index (κ1) is 12.9. The summed E-state index contributed by atoms with van der Waals surface area (Å²) in [6.07, 6.45) is -0.286. The second-order valence-corrected chi connectivity index (χ2v) is 4.67. The van der Waals surface area contributed by atoms with Gasteiger partial charge >= 0.3 is 0 Å². The molecule has 0 aliphatic heterocycles. The Balaban J connectivity index is 2.19. The van der Waals surface area contributed by atoms with Crippen molar-refractivity contribution in [3.8, 4) is 5.75 Å². The highest BCUT2D eigenvalue weighted by molar-refractivity contribution is 6.32. The van der Waals surface area contributed by atoms with Crippen molar-refractivity contribution < 1.29 is 9.15 Å². The van der Waals surface area contributed by atoms with E-state index < -0.39 is 0 Å². The molecule has 18 heavy (non-hydrogen) atoms. The van der Waals surface area contributed by atoms with Crippen LogP contribution in [0.15, 0.2) is 16.5 Å². The molecule has 0 bridgehead atoms. The quantitative estimate of drug-likeness (QED) is 0.848. The van der Waals surface area contributed by atoms with E-state index in [1.165, 1.54) is 0 Å². The molecule has 2 aromatic rings. The van der Waals surface area contributed by atoms with E-state index in [1.54, 1.807) is 6.92 Å². The van der Waals surface area contributed by atoms with Gasteiger partial charge in [-0.05, 0) is 44.0 Å². The summed E-state index contributed by atoms with van der Waals surface area (Å²) in [6.45, 7) is 7.51. The van der Waals surface area contributed by atoms with Gasteiger partial charge in [-0.2, -0.15) is 0 Å². The third kappa shape index (κ3) is 2.64. The van der Waals surface area contributed by atoms with Crippen molar-refractivity contribution in [1.82, 2.24) is 10.2 Å². The van der Waals surface area contributed by atoms with Crippen LogP contribution in [0.4, 0.5) is 0 Å². The molecule has 4 nitrogen and oxygen atoms in total. The van der Waals surface area contributed by atoms with Crippen LogP contribution < -0.4 is 4.74 Å². The van der Waals surface area contributed by atoms with E-state index in [9.17, 15) is 0 Å².